The number of halogens is 3. The van der Waals surface area contributed by atoms with Gasteiger partial charge in [-0.2, -0.15) is 4.98 Å². The lowest BCUT2D eigenvalue weighted by Gasteiger charge is -2.30. The second kappa shape index (κ2) is 9.01. The first-order chi connectivity index (χ1) is 14.5. The molecule has 1 aliphatic heterocycles. The molecule has 0 radical (unpaired) electrons. The number of nitrogens with zero attached hydrogens (tertiary/aromatic N) is 3. The zero-order valence-electron chi connectivity index (χ0n) is 15.9. The number of carbonyl (C=O) groups is 1. The molecule has 1 fully saturated rings. The summed E-state index contributed by atoms with van der Waals surface area (Å²) in [6.07, 6.45) is 1.51. The molecule has 9 heteroatoms. The van der Waals surface area contributed by atoms with Gasteiger partial charge in [-0.3, -0.25) is 9.69 Å². The Morgan fingerprint density at radius 1 is 1.27 bits per heavy atom. The van der Waals surface area contributed by atoms with Crippen molar-refractivity contribution in [2.24, 2.45) is 5.92 Å². The van der Waals surface area contributed by atoms with Crippen LogP contribution < -0.4 is 5.32 Å². The molecular weight excluding hydrogens is 458 g/mol. The van der Waals surface area contributed by atoms with E-state index in [1.807, 2.05) is 24.3 Å². The van der Waals surface area contributed by atoms with Crippen LogP contribution in [0, 0.1) is 17.6 Å². The Balaban J connectivity index is 1.38. The fourth-order valence-corrected chi connectivity index (χ4v) is 3.89. The molecule has 1 unspecified atom stereocenters. The Kier molecular flexibility index (Phi) is 6.19. The predicted octanol–water partition coefficient (Wildman–Crippen LogP) is 4.63. The first-order valence-corrected chi connectivity index (χ1v) is 10.3. The van der Waals surface area contributed by atoms with Gasteiger partial charge in [0.25, 0.3) is 0 Å². The molecule has 2 aromatic carbocycles. The number of likely N-dealkylation sites (tertiary alicyclic amines) is 1. The zero-order valence-corrected chi connectivity index (χ0v) is 17.5. The van der Waals surface area contributed by atoms with Crippen LogP contribution in [0.2, 0.25) is 0 Å². The van der Waals surface area contributed by atoms with E-state index < -0.39 is 11.6 Å². The third-order valence-electron chi connectivity index (χ3n) is 4.98. The van der Waals surface area contributed by atoms with E-state index in [4.69, 9.17) is 4.52 Å². The van der Waals surface area contributed by atoms with E-state index in [0.717, 1.165) is 35.1 Å². The van der Waals surface area contributed by atoms with Gasteiger partial charge in [0.15, 0.2) is 0 Å². The Hall–Kier alpha value is -2.65. The number of anilines is 1. The largest absolute Gasteiger partial charge is 0.338 e. The van der Waals surface area contributed by atoms with Crippen molar-refractivity contribution in [2.75, 3.05) is 18.4 Å². The molecule has 6 nitrogen and oxygen atoms in total. The van der Waals surface area contributed by atoms with Crippen LogP contribution in [0.25, 0.3) is 11.4 Å². The van der Waals surface area contributed by atoms with E-state index in [2.05, 4.69) is 36.3 Å². The molecule has 1 amide bonds. The van der Waals surface area contributed by atoms with Crippen LogP contribution in [0.1, 0.15) is 18.7 Å². The molecule has 0 bridgehead atoms. The molecule has 3 aromatic rings. The molecule has 0 saturated carbocycles. The molecule has 2 heterocycles. The maximum atomic E-state index is 13.8. The molecule has 1 aromatic heterocycles. The summed E-state index contributed by atoms with van der Waals surface area (Å²) in [5.74, 6) is -1.10. The second-order valence-corrected chi connectivity index (χ2v) is 8.13. The summed E-state index contributed by atoms with van der Waals surface area (Å²) in [4.78, 5) is 19.1. The average molecular weight is 477 g/mol. The van der Waals surface area contributed by atoms with Gasteiger partial charge in [-0.25, -0.2) is 8.78 Å². The van der Waals surface area contributed by atoms with E-state index in [1.165, 1.54) is 6.07 Å². The van der Waals surface area contributed by atoms with E-state index in [1.54, 1.807) is 0 Å². The molecular formula is C21H19BrF2N4O2. The quantitative estimate of drug-likeness (QED) is 0.581. The first kappa shape index (κ1) is 20.6. The van der Waals surface area contributed by atoms with E-state index in [0.29, 0.717) is 31.2 Å². The van der Waals surface area contributed by atoms with Gasteiger partial charge in [-0.15, -0.1) is 0 Å². The molecule has 1 atom stereocenters. The van der Waals surface area contributed by atoms with Crippen LogP contribution in [0.15, 0.2) is 51.5 Å². The Morgan fingerprint density at radius 3 is 2.93 bits per heavy atom. The fraction of sp³-hybridized carbons (Fsp3) is 0.286. The molecule has 156 valence electrons. The monoisotopic (exact) mass is 476 g/mol. The van der Waals surface area contributed by atoms with Crippen molar-refractivity contribution < 1.29 is 18.1 Å². The molecule has 4 rings (SSSR count). The summed E-state index contributed by atoms with van der Waals surface area (Å²) in [6, 6.07) is 10.7. The summed E-state index contributed by atoms with van der Waals surface area (Å²) < 4.78 is 33.2. The van der Waals surface area contributed by atoms with Crippen molar-refractivity contribution in [3.63, 3.8) is 0 Å². The molecule has 0 aliphatic carbocycles. The minimum atomic E-state index is -0.790. The summed E-state index contributed by atoms with van der Waals surface area (Å²) in [6.45, 7) is 1.71. The van der Waals surface area contributed by atoms with Crippen molar-refractivity contribution in [1.29, 1.82) is 0 Å². The summed E-state index contributed by atoms with van der Waals surface area (Å²) in [5, 5.41) is 6.59. The van der Waals surface area contributed by atoms with Crippen LogP contribution in [-0.4, -0.2) is 34.0 Å². The van der Waals surface area contributed by atoms with Crippen molar-refractivity contribution in [1.82, 2.24) is 15.0 Å². The van der Waals surface area contributed by atoms with E-state index in [9.17, 15) is 13.6 Å². The van der Waals surface area contributed by atoms with Crippen molar-refractivity contribution >= 4 is 27.5 Å². The summed E-state index contributed by atoms with van der Waals surface area (Å²) in [5.41, 5.74) is 0.825. The molecule has 1 N–H and O–H groups in total. The van der Waals surface area contributed by atoms with Crippen molar-refractivity contribution in [3.8, 4) is 11.4 Å². The van der Waals surface area contributed by atoms with Gasteiger partial charge in [-0.1, -0.05) is 33.2 Å². The standard InChI is InChI=1S/C21H19BrF2N4O2/c22-15-5-1-3-13(9-15)20-26-19(30-27-20)12-28-8-2-4-14(11-28)21(29)25-18-7-6-16(23)10-17(18)24/h1,3,5-7,9-10,14H,2,4,8,11-12H2,(H,25,29). The fourth-order valence-electron chi connectivity index (χ4n) is 3.49. The van der Waals surface area contributed by atoms with Gasteiger partial charge in [0.2, 0.25) is 17.6 Å². The van der Waals surface area contributed by atoms with Gasteiger partial charge in [0.05, 0.1) is 18.2 Å². The lowest BCUT2D eigenvalue weighted by atomic mass is 9.97. The normalized spacial score (nSPS) is 17.1. The van der Waals surface area contributed by atoms with Crippen LogP contribution in [0.5, 0.6) is 0 Å². The molecule has 30 heavy (non-hydrogen) atoms. The van der Waals surface area contributed by atoms with Crippen molar-refractivity contribution in [3.05, 3.63) is 64.5 Å². The number of piperidine rings is 1. The van der Waals surface area contributed by atoms with Crippen LogP contribution >= 0.6 is 15.9 Å². The topological polar surface area (TPSA) is 71.3 Å². The molecule has 1 aliphatic rings. The number of aromatic nitrogens is 2. The Bertz CT molecular complexity index is 1060. The van der Waals surface area contributed by atoms with Gasteiger partial charge in [-0.05, 0) is 43.7 Å². The molecule has 0 spiro atoms. The minimum Gasteiger partial charge on any atom is -0.338 e. The predicted molar refractivity (Wildman–Crippen MR) is 110 cm³/mol. The smallest absolute Gasteiger partial charge is 0.241 e. The van der Waals surface area contributed by atoms with Crippen LogP contribution in [0.4, 0.5) is 14.5 Å². The highest BCUT2D eigenvalue weighted by atomic mass is 79.9. The number of carbonyl (C=O) groups excluding carboxylic acids is 1. The van der Waals surface area contributed by atoms with Crippen molar-refractivity contribution in [2.45, 2.75) is 19.4 Å². The lowest BCUT2D eigenvalue weighted by Crippen LogP contribution is -2.40. The number of amides is 1. The van der Waals surface area contributed by atoms with E-state index in [-0.39, 0.29) is 17.5 Å². The van der Waals surface area contributed by atoms with Gasteiger partial charge < -0.3 is 9.84 Å². The Morgan fingerprint density at radius 2 is 2.13 bits per heavy atom. The van der Waals surface area contributed by atoms with Crippen LogP contribution in [-0.2, 0) is 11.3 Å². The van der Waals surface area contributed by atoms with E-state index >= 15 is 0 Å². The third kappa shape index (κ3) is 4.91. The highest BCUT2D eigenvalue weighted by molar-refractivity contribution is 9.10. The number of nitrogens with one attached hydrogen (secondary N) is 1. The maximum Gasteiger partial charge on any atom is 0.241 e. The highest BCUT2D eigenvalue weighted by Crippen LogP contribution is 2.24. The van der Waals surface area contributed by atoms with Crippen LogP contribution in [0.3, 0.4) is 0 Å². The summed E-state index contributed by atoms with van der Waals surface area (Å²) >= 11 is 3.42. The highest BCUT2D eigenvalue weighted by Gasteiger charge is 2.27. The molecule has 1 saturated heterocycles. The number of hydrogen-bond acceptors (Lipinski definition) is 5. The number of benzene rings is 2. The lowest BCUT2D eigenvalue weighted by molar-refractivity contribution is -0.121. The minimum absolute atomic E-state index is 0.0194. The average Bonchev–Trinajstić information content (AvgIpc) is 3.19. The maximum absolute atomic E-state index is 13.8. The third-order valence-corrected chi connectivity index (χ3v) is 5.47. The SMILES string of the molecule is O=C(Nc1ccc(F)cc1F)C1CCCN(Cc2nc(-c3cccc(Br)c3)no2)C1. The van der Waals surface area contributed by atoms with Gasteiger partial charge in [0, 0.05) is 22.6 Å². The summed E-state index contributed by atoms with van der Waals surface area (Å²) in [7, 11) is 0. The number of hydrogen-bond donors (Lipinski definition) is 1. The zero-order chi connectivity index (χ0) is 21.1. The van der Waals surface area contributed by atoms with Gasteiger partial charge in [0.1, 0.15) is 11.6 Å². The Labute approximate surface area is 180 Å². The first-order valence-electron chi connectivity index (χ1n) is 9.55. The van der Waals surface area contributed by atoms with Gasteiger partial charge >= 0.3 is 0 Å². The second-order valence-electron chi connectivity index (χ2n) is 7.21. The number of rotatable bonds is 5.